The smallest absolute Gasteiger partial charge is 0.456 e. The minimum Gasteiger partial charge on any atom is -0.456 e. The van der Waals surface area contributed by atoms with Crippen molar-refractivity contribution in [2.75, 3.05) is 13.2 Å². The van der Waals surface area contributed by atoms with Crippen molar-refractivity contribution < 1.29 is 13.9 Å². The van der Waals surface area contributed by atoms with E-state index in [1.54, 1.807) is 0 Å². The zero-order chi connectivity index (χ0) is 6.95. The highest BCUT2D eigenvalue weighted by atomic mass is 16.6. The molecule has 0 rings (SSSR count). The molecule has 0 aliphatic carbocycles. The highest BCUT2D eigenvalue weighted by molar-refractivity contribution is 6.34. The van der Waals surface area contributed by atoms with E-state index in [1.807, 2.05) is 13.8 Å². The second-order valence-corrected chi connectivity index (χ2v) is 1.24. The van der Waals surface area contributed by atoms with E-state index in [0.29, 0.717) is 13.2 Å². The highest BCUT2D eigenvalue weighted by Crippen LogP contribution is 1.73. The Morgan fingerprint density at radius 2 is 1.44 bits per heavy atom. The minimum absolute atomic E-state index is 0.611. The Bertz CT molecular complexity index is 47.1. The van der Waals surface area contributed by atoms with Crippen LogP contribution in [0.2, 0.25) is 0 Å². The van der Waals surface area contributed by atoms with E-state index in [-0.39, 0.29) is 0 Å². The summed E-state index contributed by atoms with van der Waals surface area (Å²) in [7, 11) is 2.46. The molecule has 3 nitrogen and oxygen atoms in total. The zero-order valence-corrected chi connectivity index (χ0v) is 5.79. The van der Waals surface area contributed by atoms with Crippen LogP contribution in [0.1, 0.15) is 13.8 Å². The maximum absolute atomic E-state index is 4.72. The summed E-state index contributed by atoms with van der Waals surface area (Å²) in [5.74, 6) is 0. The average Bonchev–Trinajstić information content (AvgIpc) is 1.89. The van der Waals surface area contributed by atoms with Crippen LogP contribution in [0.15, 0.2) is 0 Å². The Morgan fingerprint density at radius 1 is 1.00 bits per heavy atom. The van der Waals surface area contributed by atoms with Gasteiger partial charge >= 0.3 is 15.4 Å². The molecule has 0 saturated heterocycles. The van der Waals surface area contributed by atoms with Crippen molar-refractivity contribution >= 4 is 15.4 Å². The lowest BCUT2D eigenvalue weighted by molar-refractivity contribution is 0.267. The van der Waals surface area contributed by atoms with Crippen LogP contribution >= 0.6 is 0 Å². The third-order valence-corrected chi connectivity index (χ3v) is 0.581. The Labute approximate surface area is 57.3 Å². The molecule has 0 amide bonds. The molecule has 0 aromatic heterocycles. The van der Waals surface area contributed by atoms with Crippen molar-refractivity contribution in [1.29, 1.82) is 0 Å². The summed E-state index contributed by atoms with van der Waals surface area (Å²) in [5, 5.41) is 0. The molecule has 0 fully saturated rings. The number of rotatable bonds is 6. The molecule has 0 bridgehead atoms. The topological polar surface area (TPSA) is 27.7 Å². The molecule has 0 spiro atoms. The molecule has 0 aromatic rings. The summed E-state index contributed by atoms with van der Waals surface area (Å²) in [6, 6.07) is 0. The predicted molar refractivity (Wildman–Crippen MR) is 35.8 cm³/mol. The summed E-state index contributed by atoms with van der Waals surface area (Å²) in [5.41, 5.74) is 0. The Kier molecular flexibility index (Phi) is 8.02. The van der Waals surface area contributed by atoms with Crippen LogP contribution in [0.25, 0.3) is 0 Å². The second-order valence-electron chi connectivity index (χ2n) is 1.24. The lowest BCUT2D eigenvalue weighted by Gasteiger charge is -1.97. The van der Waals surface area contributed by atoms with E-state index in [9.17, 15) is 0 Å². The highest BCUT2D eigenvalue weighted by Gasteiger charge is 1.93. The molecule has 0 aliphatic heterocycles. The molecule has 5 heteroatoms. The van der Waals surface area contributed by atoms with E-state index in [0.717, 1.165) is 0 Å². The molecule has 0 unspecified atom stereocenters. The van der Waals surface area contributed by atoms with Gasteiger partial charge in [-0.25, -0.2) is 0 Å². The van der Waals surface area contributed by atoms with Gasteiger partial charge in [0.1, 0.15) is 0 Å². The second kappa shape index (κ2) is 8.01. The fraction of sp³-hybridized carbons (Fsp3) is 1.00. The van der Waals surface area contributed by atoms with Crippen LogP contribution < -0.4 is 0 Å². The Hall–Kier alpha value is 0.00987. The lowest BCUT2D eigenvalue weighted by atomic mass is 10.3. The van der Waals surface area contributed by atoms with Crippen LogP contribution in [0.4, 0.5) is 0 Å². The van der Waals surface area contributed by atoms with Gasteiger partial charge < -0.3 is 13.9 Å². The van der Waals surface area contributed by atoms with Crippen molar-refractivity contribution in [2.24, 2.45) is 0 Å². The van der Waals surface area contributed by atoms with Crippen LogP contribution in [0.3, 0.4) is 0 Å². The Morgan fingerprint density at radius 3 is 1.78 bits per heavy atom. The van der Waals surface area contributed by atoms with Gasteiger partial charge in [-0.1, -0.05) is 0 Å². The van der Waals surface area contributed by atoms with E-state index >= 15 is 0 Å². The van der Waals surface area contributed by atoms with Gasteiger partial charge in [0.25, 0.3) is 0 Å². The standard InChI is InChI=1S/C4H10B2O3/c1-3-7-5-9-6-8-4-2/h3-4H2,1-2H3. The van der Waals surface area contributed by atoms with Crippen LogP contribution in [-0.4, -0.2) is 28.6 Å². The van der Waals surface area contributed by atoms with Crippen molar-refractivity contribution in [1.82, 2.24) is 0 Å². The van der Waals surface area contributed by atoms with Crippen molar-refractivity contribution in [3.63, 3.8) is 0 Å². The SMILES string of the molecule is CCO[B]O[B]OCC. The average molecular weight is 128 g/mol. The first kappa shape index (κ1) is 9.01. The first-order valence-corrected chi connectivity index (χ1v) is 2.93. The van der Waals surface area contributed by atoms with Gasteiger partial charge in [-0.2, -0.15) is 0 Å². The van der Waals surface area contributed by atoms with Gasteiger partial charge in [0.05, 0.1) is 0 Å². The normalized spacial score (nSPS) is 9.11. The minimum atomic E-state index is 0.611. The monoisotopic (exact) mass is 128 g/mol. The van der Waals surface area contributed by atoms with E-state index in [1.165, 1.54) is 15.4 Å². The first-order chi connectivity index (χ1) is 4.41. The quantitative estimate of drug-likeness (QED) is 0.376. The molecular weight excluding hydrogens is 118 g/mol. The Balaban J connectivity index is 2.60. The number of hydrogen-bond donors (Lipinski definition) is 0. The fourth-order valence-electron chi connectivity index (χ4n) is 0.237. The third kappa shape index (κ3) is 8.01. The molecule has 50 valence electrons. The summed E-state index contributed by atoms with van der Waals surface area (Å²) in [6.07, 6.45) is 0. The van der Waals surface area contributed by atoms with Crippen molar-refractivity contribution in [3.8, 4) is 0 Å². The lowest BCUT2D eigenvalue weighted by Crippen LogP contribution is -2.10. The van der Waals surface area contributed by atoms with Crippen molar-refractivity contribution in [2.45, 2.75) is 13.8 Å². The van der Waals surface area contributed by atoms with E-state index in [4.69, 9.17) is 9.31 Å². The summed E-state index contributed by atoms with van der Waals surface area (Å²) < 4.78 is 14.1. The van der Waals surface area contributed by atoms with Gasteiger partial charge in [0.15, 0.2) is 0 Å². The molecule has 0 aromatic carbocycles. The molecular formula is C4H10B2O3. The predicted octanol–water partition coefficient (Wildman–Crippen LogP) is 0.144. The van der Waals surface area contributed by atoms with Crippen molar-refractivity contribution in [3.05, 3.63) is 0 Å². The molecule has 0 atom stereocenters. The zero-order valence-electron chi connectivity index (χ0n) is 5.79. The van der Waals surface area contributed by atoms with Gasteiger partial charge in [-0.3, -0.25) is 0 Å². The molecule has 0 heterocycles. The van der Waals surface area contributed by atoms with Crippen LogP contribution in [-0.2, 0) is 13.9 Å². The van der Waals surface area contributed by atoms with Crippen LogP contribution in [0.5, 0.6) is 0 Å². The summed E-state index contributed by atoms with van der Waals surface area (Å²) in [6.45, 7) is 4.97. The first-order valence-electron chi connectivity index (χ1n) is 2.93. The maximum Gasteiger partial charge on any atom is 0.472 e. The van der Waals surface area contributed by atoms with Gasteiger partial charge in [-0.15, -0.1) is 0 Å². The van der Waals surface area contributed by atoms with Gasteiger partial charge in [0.2, 0.25) is 0 Å². The van der Waals surface area contributed by atoms with Gasteiger partial charge in [-0.05, 0) is 13.8 Å². The largest absolute Gasteiger partial charge is 0.472 e. The maximum atomic E-state index is 4.72. The summed E-state index contributed by atoms with van der Waals surface area (Å²) in [4.78, 5) is 0. The number of hydrogen-bond acceptors (Lipinski definition) is 3. The van der Waals surface area contributed by atoms with Gasteiger partial charge in [0, 0.05) is 13.2 Å². The molecule has 0 N–H and O–H groups in total. The summed E-state index contributed by atoms with van der Waals surface area (Å²) >= 11 is 0. The molecule has 9 heavy (non-hydrogen) atoms. The van der Waals surface area contributed by atoms with E-state index < -0.39 is 0 Å². The molecule has 0 saturated carbocycles. The van der Waals surface area contributed by atoms with E-state index in [2.05, 4.69) is 4.57 Å². The fourth-order valence-corrected chi connectivity index (χ4v) is 0.237. The molecule has 2 radical (unpaired) electrons. The van der Waals surface area contributed by atoms with Crippen LogP contribution in [0, 0.1) is 0 Å². The third-order valence-electron chi connectivity index (χ3n) is 0.581. The molecule has 0 aliphatic rings.